The van der Waals surface area contributed by atoms with E-state index in [-0.39, 0.29) is 23.3 Å². The third-order valence-corrected chi connectivity index (χ3v) is 4.30. The fourth-order valence-corrected chi connectivity index (χ4v) is 2.78. The molecule has 1 heterocycles. The van der Waals surface area contributed by atoms with Crippen molar-refractivity contribution in [2.75, 3.05) is 6.61 Å². The van der Waals surface area contributed by atoms with Crippen molar-refractivity contribution in [3.05, 3.63) is 53.6 Å². The summed E-state index contributed by atoms with van der Waals surface area (Å²) in [7, 11) is 0. The Morgan fingerprint density at radius 2 is 1.61 bits per heavy atom. The molecule has 3 rings (SSSR count). The van der Waals surface area contributed by atoms with Crippen molar-refractivity contribution in [2.45, 2.75) is 30.7 Å². The van der Waals surface area contributed by atoms with Crippen LogP contribution in [0.25, 0.3) is 12.2 Å². The van der Waals surface area contributed by atoms with Crippen LogP contribution in [0.3, 0.4) is 0 Å². The Morgan fingerprint density at radius 1 is 0.929 bits per heavy atom. The zero-order valence-corrected chi connectivity index (χ0v) is 14.7. The molecule has 5 atom stereocenters. The van der Waals surface area contributed by atoms with Crippen LogP contribution in [0.4, 0.5) is 0 Å². The molecule has 0 aromatic heterocycles. The standard InChI is InChI=1S/C20H22O8/c21-10-16-17(24)18(25)19(26)20(28-16)27-15-8-12(7-14(23)9-15)2-1-11-3-5-13(22)6-4-11/h1-9,16-26H,10H2/b2-1+/t16-,17-,18+,19-,20-/m1/s1/i7D. The predicted molar refractivity (Wildman–Crippen MR) is 99.5 cm³/mol. The molecule has 0 bridgehead atoms. The number of benzene rings is 2. The molecule has 1 aliphatic rings. The Morgan fingerprint density at radius 3 is 2.29 bits per heavy atom. The van der Waals surface area contributed by atoms with Crippen LogP contribution >= 0.6 is 0 Å². The Bertz CT molecular complexity index is 868. The second-order valence-electron chi connectivity index (χ2n) is 6.40. The van der Waals surface area contributed by atoms with E-state index in [0.29, 0.717) is 5.56 Å². The highest BCUT2D eigenvalue weighted by molar-refractivity contribution is 5.71. The first-order valence-corrected chi connectivity index (χ1v) is 8.58. The average Bonchev–Trinajstić information content (AvgIpc) is 2.71. The van der Waals surface area contributed by atoms with E-state index < -0.39 is 37.3 Å². The van der Waals surface area contributed by atoms with E-state index in [1.54, 1.807) is 24.3 Å². The van der Waals surface area contributed by atoms with E-state index in [9.17, 15) is 30.6 Å². The van der Waals surface area contributed by atoms with E-state index >= 15 is 0 Å². The molecule has 0 spiro atoms. The lowest BCUT2D eigenvalue weighted by Crippen LogP contribution is -2.60. The molecule has 0 amide bonds. The zero-order chi connectivity index (χ0) is 21.1. The van der Waals surface area contributed by atoms with E-state index in [1.165, 1.54) is 18.2 Å². The van der Waals surface area contributed by atoms with Crippen molar-refractivity contribution >= 4 is 12.2 Å². The third-order valence-electron chi connectivity index (χ3n) is 4.30. The summed E-state index contributed by atoms with van der Waals surface area (Å²) in [6.45, 7) is -0.595. The fourth-order valence-electron chi connectivity index (χ4n) is 2.78. The summed E-state index contributed by atoms with van der Waals surface area (Å²) >= 11 is 0. The van der Waals surface area contributed by atoms with E-state index in [2.05, 4.69) is 0 Å². The molecule has 1 aliphatic heterocycles. The van der Waals surface area contributed by atoms with Gasteiger partial charge in [0.2, 0.25) is 6.29 Å². The minimum Gasteiger partial charge on any atom is -0.508 e. The molecule has 8 heteroatoms. The third kappa shape index (κ3) is 4.61. The van der Waals surface area contributed by atoms with Crippen molar-refractivity contribution < 1.29 is 41.5 Å². The molecule has 2 aromatic carbocycles. The first-order valence-electron chi connectivity index (χ1n) is 9.08. The molecule has 8 nitrogen and oxygen atoms in total. The molecule has 1 saturated heterocycles. The zero-order valence-electron chi connectivity index (χ0n) is 15.7. The molecule has 2 aromatic rings. The molecule has 28 heavy (non-hydrogen) atoms. The van der Waals surface area contributed by atoms with Crippen LogP contribution in [0.15, 0.2) is 42.4 Å². The van der Waals surface area contributed by atoms with Gasteiger partial charge in [-0.1, -0.05) is 24.3 Å². The van der Waals surface area contributed by atoms with Crippen LogP contribution in [0, 0.1) is 0 Å². The van der Waals surface area contributed by atoms with E-state index in [1.807, 2.05) is 0 Å². The maximum Gasteiger partial charge on any atom is 0.229 e. The Balaban J connectivity index is 1.82. The second kappa shape index (κ2) is 8.59. The number of ether oxygens (including phenoxy) is 2. The summed E-state index contributed by atoms with van der Waals surface area (Å²) in [4.78, 5) is 0. The van der Waals surface area contributed by atoms with Crippen molar-refractivity contribution in [2.24, 2.45) is 0 Å². The summed E-state index contributed by atoms with van der Waals surface area (Å²) in [6, 6.07) is 8.80. The van der Waals surface area contributed by atoms with Gasteiger partial charge in [-0.2, -0.15) is 0 Å². The van der Waals surface area contributed by atoms with Crippen molar-refractivity contribution in [3.63, 3.8) is 0 Å². The number of hydrogen-bond acceptors (Lipinski definition) is 8. The monoisotopic (exact) mass is 391 g/mol. The Hall–Kier alpha value is -2.62. The quantitative estimate of drug-likeness (QED) is 0.404. The SMILES string of the molecule is [2H]c1c(O)cc(O[C@@H]2O[C@H](CO)[C@@H](O)[C@H](O)[C@H]2O)cc1/C=C/c1ccc(O)cc1. The number of aliphatic hydroxyl groups is 4. The highest BCUT2D eigenvalue weighted by atomic mass is 16.7. The maximum absolute atomic E-state index is 10.1. The maximum atomic E-state index is 10.1. The number of rotatable bonds is 5. The first-order chi connectivity index (χ1) is 13.8. The highest BCUT2D eigenvalue weighted by Gasteiger charge is 2.44. The molecule has 0 radical (unpaired) electrons. The van der Waals surface area contributed by atoms with Gasteiger partial charge in [0.1, 0.15) is 41.7 Å². The van der Waals surface area contributed by atoms with Crippen LogP contribution in [-0.2, 0) is 4.74 Å². The van der Waals surface area contributed by atoms with E-state index in [4.69, 9.17) is 10.8 Å². The predicted octanol–water partition coefficient (Wildman–Crippen LogP) is 0.447. The topological polar surface area (TPSA) is 140 Å². The largest absolute Gasteiger partial charge is 0.508 e. The lowest BCUT2D eigenvalue weighted by molar-refractivity contribution is -0.277. The lowest BCUT2D eigenvalue weighted by Gasteiger charge is -2.39. The molecule has 150 valence electrons. The molecular weight excluding hydrogens is 368 g/mol. The molecular formula is C20H22O8. The van der Waals surface area contributed by atoms with Gasteiger partial charge in [-0.15, -0.1) is 0 Å². The number of aliphatic hydroxyl groups excluding tert-OH is 4. The van der Waals surface area contributed by atoms with Crippen molar-refractivity contribution in [1.82, 2.24) is 0 Å². The summed E-state index contributed by atoms with van der Waals surface area (Å²) < 4.78 is 18.8. The molecule has 0 aliphatic carbocycles. The molecule has 1 fully saturated rings. The van der Waals surface area contributed by atoms with Gasteiger partial charge in [0.25, 0.3) is 0 Å². The highest BCUT2D eigenvalue weighted by Crippen LogP contribution is 2.28. The summed E-state index contributed by atoms with van der Waals surface area (Å²) in [5.41, 5.74) is 1.06. The number of phenols is 2. The summed E-state index contributed by atoms with van der Waals surface area (Å²) in [5, 5.41) is 58.3. The van der Waals surface area contributed by atoms with Crippen LogP contribution in [0.1, 0.15) is 12.5 Å². The van der Waals surface area contributed by atoms with Crippen molar-refractivity contribution in [3.8, 4) is 17.2 Å². The van der Waals surface area contributed by atoms with Gasteiger partial charge in [-0.05, 0) is 35.4 Å². The van der Waals surface area contributed by atoms with Crippen molar-refractivity contribution in [1.29, 1.82) is 0 Å². The lowest BCUT2D eigenvalue weighted by atomic mass is 9.99. The van der Waals surface area contributed by atoms with Crippen LogP contribution in [0.2, 0.25) is 0 Å². The van der Waals surface area contributed by atoms with Gasteiger partial charge in [0.15, 0.2) is 0 Å². The van der Waals surface area contributed by atoms with Gasteiger partial charge >= 0.3 is 0 Å². The average molecular weight is 391 g/mol. The minimum atomic E-state index is -1.60. The summed E-state index contributed by atoms with van der Waals surface area (Å²) in [5.74, 6) is -0.207. The molecule has 0 unspecified atom stereocenters. The molecule has 6 N–H and O–H groups in total. The molecule has 0 saturated carbocycles. The van der Waals surface area contributed by atoms with Crippen LogP contribution in [-0.4, -0.2) is 68.0 Å². The normalized spacial score (nSPS) is 28.3. The smallest absolute Gasteiger partial charge is 0.229 e. The van der Waals surface area contributed by atoms with E-state index in [0.717, 1.165) is 11.6 Å². The fraction of sp³-hybridized carbons (Fsp3) is 0.300. The Labute approximate surface area is 162 Å². The second-order valence-corrected chi connectivity index (χ2v) is 6.40. The summed E-state index contributed by atoms with van der Waals surface area (Å²) in [6.07, 6.45) is -4.00. The number of hydrogen-bond donors (Lipinski definition) is 6. The van der Waals surface area contributed by atoms with Gasteiger partial charge in [-0.25, -0.2) is 0 Å². The Kier molecular flexibility index (Phi) is 5.75. The van der Waals surface area contributed by atoms with Crippen LogP contribution < -0.4 is 4.74 Å². The minimum absolute atomic E-state index is 0.0492. The van der Waals surface area contributed by atoms with Gasteiger partial charge < -0.3 is 40.1 Å². The number of aromatic hydroxyl groups is 2. The first kappa shape index (κ1) is 18.7. The van der Waals surface area contributed by atoms with Gasteiger partial charge in [0, 0.05) is 6.07 Å². The van der Waals surface area contributed by atoms with Gasteiger partial charge in [0.05, 0.1) is 7.98 Å². The number of phenolic OH excluding ortho intramolecular Hbond substituents is 2. The van der Waals surface area contributed by atoms with Gasteiger partial charge in [-0.3, -0.25) is 0 Å². The van der Waals surface area contributed by atoms with Crippen LogP contribution in [0.5, 0.6) is 17.2 Å².